The van der Waals surface area contributed by atoms with Crippen LogP contribution in [-0.2, 0) is 4.74 Å². The number of aryl methyl sites for hydroxylation is 1. The Hall–Kier alpha value is -2.29. The minimum Gasteiger partial charge on any atom is -0.383 e. The van der Waals surface area contributed by atoms with E-state index in [1.807, 2.05) is 25.1 Å². The van der Waals surface area contributed by atoms with E-state index in [4.69, 9.17) is 16.3 Å². The Morgan fingerprint density at radius 3 is 2.86 bits per heavy atom. The van der Waals surface area contributed by atoms with E-state index in [1.54, 1.807) is 30.0 Å². The molecule has 0 aliphatic rings. The van der Waals surface area contributed by atoms with Crippen LogP contribution in [0, 0.1) is 18.3 Å². The highest BCUT2D eigenvalue weighted by Gasteiger charge is 2.18. The summed E-state index contributed by atoms with van der Waals surface area (Å²) in [5.74, 6) is -0.312. The molecule has 0 fully saturated rings. The summed E-state index contributed by atoms with van der Waals surface area (Å²) in [5, 5.41) is 12.6. The van der Waals surface area contributed by atoms with Gasteiger partial charge in [-0.2, -0.15) is 5.26 Å². The molecule has 22 heavy (non-hydrogen) atoms. The Bertz CT molecular complexity index is 731. The zero-order valence-electron chi connectivity index (χ0n) is 12.4. The Labute approximate surface area is 134 Å². The van der Waals surface area contributed by atoms with E-state index >= 15 is 0 Å². The van der Waals surface area contributed by atoms with Gasteiger partial charge in [-0.15, -0.1) is 0 Å². The number of aromatic nitrogens is 1. The second-order valence-electron chi connectivity index (χ2n) is 4.74. The van der Waals surface area contributed by atoms with Crippen LogP contribution in [0.3, 0.4) is 0 Å². The molecule has 1 aromatic carbocycles. The van der Waals surface area contributed by atoms with Crippen molar-refractivity contribution >= 4 is 17.5 Å². The van der Waals surface area contributed by atoms with Crippen LogP contribution in [0.15, 0.2) is 30.5 Å². The molecule has 1 heterocycles. The number of methoxy groups -OCH3 is 1. The van der Waals surface area contributed by atoms with Gasteiger partial charge in [-0.25, -0.2) is 0 Å². The van der Waals surface area contributed by atoms with Gasteiger partial charge in [0.25, 0.3) is 5.91 Å². The molecule has 0 unspecified atom stereocenters. The maximum Gasteiger partial charge on any atom is 0.269 e. The van der Waals surface area contributed by atoms with Crippen LogP contribution in [0.25, 0.3) is 5.69 Å². The summed E-state index contributed by atoms with van der Waals surface area (Å²) in [6.07, 6.45) is 1.71. The molecule has 2 aromatic rings. The molecule has 2 rings (SSSR count). The molecule has 0 aliphatic heterocycles. The monoisotopic (exact) mass is 317 g/mol. The quantitative estimate of drug-likeness (QED) is 0.862. The predicted molar refractivity (Wildman–Crippen MR) is 84.4 cm³/mol. The smallest absolute Gasteiger partial charge is 0.269 e. The first-order valence-corrected chi connectivity index (χ1v) is 7.11. The first kappa shape index (κ1) is 16.1. The Morgan fingerprint density at radius 2 is 2.23 bits per heavy atom. The third-order valence-corrected chi connectivity index (χ3v) is 3.47. The second kappa shape index (κ2) is 7.12. The van der Waals surface area contributed by atoms with Gasteiger partial charge in [-0.1, -0.05) is 11.6 Å². The summed E-state index contributed by atoms with van der Waals surface area (Å²) < 4.78 is 6.61. The minimum atomic E-state index is -0.312. The molecule has 0 saturated carbocycles. The normalized spacial score (nSPS) is 10.3. The maximum absolute atomic E-state index is 12.4. The third kappa shape index (κ3) is 3.30. The zero-order valence-corrected chi connectivity index (χ0v) is 13.1. The summed E-state index contributed by atoms with van der Waals surface area (Å²) in [6, 6.07) is 9.06. The highest BCUT2D eigenvalue weighted by Crippen LogP contribution is 2.23. The fourth-order valence-corrected chi connectivity index (χ4v) is 2.42. The number of hydrogen-bond acceptors (Lipinski definition) is 3. The van der Waals surface area contributed by atoms with Gasteiger partial charge in [0.15, 0.2) is 0 Å². The van der Waals surface area contributed by atoms with Gasteiger partial charge in [-0.05, 0) is 36.8 Å². The van der Waals surface area contributed by atoms with Gasteiger partial charge in [0.2, 0.25) is 0 Å². The molecule has 1 N–H and O–H groups in total. The van der Waals surface area contributed by atoms with E-state index in [2.05, 4.69) is 5.32 Å². The molecule has 1 aromatic heterocycles. The summed E-state index contributed by atoms with van der Waals surface area (Å²) in [7, 11) is 1.56. The van der Waals surface area contributed by atoms with E-state index in [-0.39, 0.29) is 5.91 Å². The first-order valence-electron chi connectivity index (χ1n) is 6.73. The van der Waals surface area contributed by atoms with E-state index in [1.165, 1.54) is 0 Å². The van der Waals surface area contributed by atoms with Crippen LogP contribution in [-0.4, -0.2) is 30.7 Å². The Morgan fingerprint density at radius 1 is 1.45 bits per heavy atom. The number of halogens is 1. The first-order chi connectivity index (χ1) is 10.6. The van der Waals surface area contributed by atoms with E-state index in [0.29, 0.717) is 29.4 Å². The molecule has 0 saturated heterocycles. The number of ether oxygens (including phenoxy) is 1. The fourth-order valence-electron chi connectivity index (χ4n) is 2.19. The van der Waals surface area contributed by atoms with E-state index < -0.39 is 0 Å². The highest BCUT2D eigenvalue weighted by molar-refractivity contribution is 6.30. The van der Waals surface area contributed by atoms with Crippen molar-refractivity contribution in [1.82, 2.24) is 9.88 Å². The lowest BCUT2D eigenvalue weighted by atomic mass is 10.2. The number of benzene rings is 1. The number of rotatable bonds is 5. The van der Waals surface area contributed by atoms with Gasteiger partial charge < -0.3 is 14.6 Å². The lowest BCUT2D eigenvalue weighted by Gasteiger charge is -2.13. The molecule has 0 bridgehead atoms. The van der Waals surface area contributed by atoms with Crippen LogP contribution in [0.5, 0.6) is 0 Å². The molecule has 6 heteroatoms. The molecule has 114 valence electrons. The van der Waals surface area contributed by atoms with Crippen molar-refractivity contribution in [3.05, 3.63) is 52.3 Å². The van der Waals surface area contributed by atoms with Crippen LogP contribution in [0.1, 0.15) is 21.6 Å². The molecular formula is C16H16ClN3O2. The number of hydrogen-bond donors (Lipinski definition) is 1. The van der Waals surface area contributed by atoms with Crippen molar-refractivity contribution in [2.24, 2.45) is 0 Å². The molecule has 0 radical (unpaired) electrons. The summed E-state index contributed by atoms with van der Waals surface area (Å²) in [4.78, 5) is 12.4. The highest BCUT2D eigenvalue weighted by atomic mass is 35.5. The van der Waals surface area contributed by atoms with Crippen LogP contribution in [0.4, 0.5) is 0 Å². The van der Waals surface area contributed by atoms with Gasteiger partial charge in [0.05, 0.1) is 12.2 Å². The molecular weight excluding hydrogens is 302 g/mol. The lowest BCUT2D eigenvalue weighted by molar-refractivity contribution is 0.0930. The third-order valence-electron chi connectivity index (χ3n) is 3.23. The number of amides is 1. The number of nitrogens with one attached hydrogen (secondary N) is 1. The Balaban J connectivity index is 2.43. The topological polar surface area (TPSA) is 67.0 Å². The average molecular weight is 318 g/mol. The van der Waals surface area contributed by atoms with Gasteiger partial charge in [-0.3, -0.25) is 4.79 Å². The fraction of sp³-hybridized carbons (Fsp3) is 0.250. The van der Waals surface area contributed by atoms with Crippen molar-refractivity contribution in [3.8, 4) is 11.8 Å². The van der Waals surface area contributed by atoms with Crippen LogP contribution in [0.2, 0.25) is 5.02 Å². The minimum absolute atomic E-state index is 0.309. The molecule has 1 amide bonds. The van der Waals surface area contributed by atoms with Crippen molar-refractivity contribution in [2.75, 3.05) is 20.3 Å². The molecule has 0 aliphatic carbocycles. The average Bonchev–Trinajstić information content (AvgIpc) is 2.91. The van der Waals surface area contributed by atoms with Crippen LogP contribution >= 0.6 is 11.6 Å². The largest absolute Gasteiger partial charge is 0.383 e. The second-order valence-corrected chi connectivity index (χ2v) is 5.18. The number of nitrogens with zero attached hydrogens (tertiary/aromatic N) is 2. The lowest BCUT2D eigenvalue weighted by Crippen LogP contribution is -2.29. The van der Waals surface area contributed by atoms with Crippen molar-refractivity contribution in [1.29, 1.82) is 5.26 Å². The molecule has 0 atom stereocenters. The van der Waals surface area contributed by atoms with Gasteiger partial charge >= 0.3 is 0 Å². The maximum atomic E-state index is 12.4. The van der Waals surface area contributed by atoms with E-state index in [0.717, 1.165) is 11.3 Å². The van der Waals surface area contributed by atoms with Crippen molar-refractivity contribution in [3.63, 3.8) is 0 Å². The van der Waals surface area contributed by atoms with Crippen LogP contribution < -0.4 is 5.32 Å². The SMILES string of the molecule is COCCNC(=O)c1c(C#N)ccn1-c1ccc(Cl)cc1C. The zero-order chi connectivity index (χ0) is 16.1. The molecule has 5 nitrogen and oxygen atoms in total. The summed E-state index contributed by atoms with van der Waals surface area (Å²) in [6.45, 7) is 2.69. The van der Waals surface area contributed by atoms with Crippen molar-refractivity contribution in [2.45, 2.75) is 6.92 Å². The van der Waals surface area contributed by atoms with E-state index in [9.17, 15) is 10.1 Å². The molecule has 0 spiro atoms. The standard InChI is InChI=1S/C16H16ClN3O2/c1-11-9-13(17)3-4-14(11)20-7-5-12(10-18)15(20)16(21)19-6-8-22-2/h3-5,7,9H,6,8H2,1-2H3,(H,19,21). The number of carbonyl (C=O) groups is 1. The number of nitriles is 1. The summed E-state index contributed by atoms with van der Waals surface area (Å²) >= 11 is 5.97. The van der Waals surface area contributed by atoms with Crippen molar-refractivity contribution < 1.29 is 9.53 Å². The number of carbonyl (C=O) groups excluding carboxylic acids is 1. The predicted octanol–water partition coefficient (Wildman–Crippen LogP) is 2.69. The Kier molecular flexibility index (Phi) is 5.21. The van der Waals surface area contributed by atoms with Gasteiger partial charge in [0, 0.05) is 30.6 Å². The summed E-state index contributed by atoms with van der Waals surface area (Å²) in [5.41, 5.74) is 2.36. The van der Waals surface area contributed by atoms with Gasteiger partial charge in [0.1, 0.15) is 11.8 Å².